The van der Waals surface area contributed by atoms with E-state index >= 15 is 0 Å². The molecule has 0 bridgehead atoms. The Labute approximate surface area is 163 Å². The van der Waals surface area contributed by atoms with Gasteiger partial charge in [0, 0.05) is 37.2 Å². The monoisotopic (exact) mass is 376 g/mol. The second-order valence-electron chi connectivity index (χ2n) is 6.92. The molecule has 0 aliphatic heterocycles. The van der Waals surface area contributed by atoms with E-state index in [1.165, 1.54) is 11.1 Å². The van der Waals surface area contributed by atoms with Crippen LogP contribution in [0.15, 0.2) is 41.1 Å². The third kappa shape index (κ3) is 3.80. The second kappa shape index (κ2) is 7.90. The molecule has 4 aromatic rings. The maximum Gasteiger partial charge on any atom is 0.257 e. The van der Waals surface area contributed by atoms with Gasteiger partial charge in [0.25, 0.3) is 5.89 Å². The van der Waals surface area contributed by atoms with E-state index in [9.17, 15) is 0 Å². The Morgan fingerprint density at radius 3 is 2.71 bits per heavy atom. The van der Waals surface area contributed by atoms with E-state index in [1.54, 1.807) is 0 Å². The first-order valence-electron chi connectivity index (χ1n) is 9.55. The Hall–Kier alpha value is -3.06. The van der Waals surface area contributed by atoms with Crippen LogP contribution in [0.25, 0.3) is 22.5 Å². The van der Waals surface area contributed by atoms with E-state index in [0.29, 0.717) is 5.89 Å². The van der Waals surface area contributed by atoms with Crippen molar-refractivity contribution in [2.24, 2.45) is 7.05 Å². The Morgan fingerprint density at radius 2 is 1.96 bits per heavy atom. The average molecular weight is 376 g/mol. The standard InChI is InChI=1S/C21H24N6O/c1-4-19-24-21(28-26-19)17-7-5-15(6-8-17)9-10-22-12-16-11-18-14(2)25-27(3)20(18)23-13-16/h5-8,11,13,22H,4,9-10,12H2,1-3H3. The maximum atomic E-state index is 5.28. The van der Waals surface area contributed by atoms with Gasteiger partial charge in [-0.15, -0.1) is 0 Å². The van der Waals surface area contributed by atoms with E-state index < -0.39 is 0 Å². The van der Waals surface area contributed by atoms with Gasteiger partial charge in [-0.2, -0.15) is 10.1 Å². The van der Waals surface area contributed by atoms with Crippen LogP contribution >= 0.6 is 0 Å². The molecule has 0 aliphatic rings. The molecular weight excluding hydrogens is 352 g/mol. The molecule has 3 heterocycles. The molecule has 3 aromatic heterocycles. The molecule has 28 heavy (non-hydrogen) atoms. The Kier molecular flexibility index (Phi) is 5.16. The zero-order valence-corrected chi connectivity index (χ0v) is 16.4. The van der Waals surface area contributed by atoms with E-state index in [4.69, 9.17) is 4.52 Å². The van der Waals surface area contributed by atoms with E-state index in [1.807, 2.05) is 43.9 Å². The zero-order chi connectivity index (χ0) is 19.5. The first kappa shape index (κ1) is 18.3. The van der Waals surface area contributed by atoms with Crippen molar-refractivity contribution in [2.75, 3.05) is 6.54 Å². The molecule has 1 N–H and O–H groups in total. The van der Waals surface area contributed by atoms with Gasteiger partial charge in [0.1, 0.15) is 0 Å². The summed E-state index contributed by atoms with van der Waals surface area (Å²) in [6.07, 6.45) is 3.64. The van der Waals surface area contributed by atoms with Crippen molar-refractivity contribution in [2.45, 2.75) is 33.2 Å². The van der Waals surface area contributed by atoms with Gasteiger partial charge < -0.3 is 9.84 Å². The SMILES string of the molecule is CCc1noc(-c2ccc(CCNCc3cnc4c(c3)c(C)nn4C)cc2)n1. The van der Waals surface area contributed by atoms with Crippen LogP contribution in [0.1, 0.15) is 29.6 Å². The van der Waals surface area contributed by atoms with Gasteiger partial charge in [-0.25, -0.2) is 4.98 Å². The molecule has 7 heteroatoms. The Morgan fingerprint density at radius 1 is 1.14 bits per heavy atom. The molecule has 0 fully saturated rings. The first-order chi connectivity index (χ1) is 13.6. The summed E-state index contributed by atoms with van der Waals surface area (Å²) in [5.41, 5.74) is 5.33. The van der Waals surface area contributed by atoms with Gasteiger partial charge in [-0.05, 0) is 49.2 Å². The topological polar surface area (TPSA) is 81.7 Å². The van der Waals surface area contributed by atoms with Crippen LogP contribution in [0.5, 0.6) is 0 Å². The molecule has 0 saturated carbocycles. The van der Waals surface area contributed by atoms with Crippen LogP contribution in [0.3, 0.4) is 0 Å². The van der Waals surface area contributed by atoms with Gasteiger partial charge >= 0.3 is 0 Å². The third-order valence-corrected chi connectivity index (χ3v) is 4.82. The van der Waals surface area contributed by atoms with Crippen molar-refractivity contribution in [3.63, 3.8) is 0 Å². The van der Waals surface area contributed by atoms with Crippen LogP contribution in [-0.2, 0) is 26.4 Å². The molecule has 0 amide bonds. The van der Waals surface area contributed by atoms with Crippen LogP contribution in [0.4, 0.5) is 0 Å². The van der Waals surface area contributed by atoms with E-state index in [0.717, 1.165) is 54.0 Å². The number of nitrogens with zero attached hydrogens (tertiary/aromatic N) is 5. The maximum absolute atomic E-state index is 5.28. The fraction of sp³-hybridized carbons (Fsp3) is 0.333. The predicted molar refractivity (Wildman–Crippen MR) is 108 cm³/mol. The summed E-state index contributed by atoms with van der Waals surface area (Å²) >= 11 is 0. The molecular formula is C21H24N6O. The lowest BCUT2D eigenvalue weighted by atomic mass is 10.1. The van der Waals surface area contributed by atoms with Gasteiger partial charge in [-0.1, -0.05) is 24.2 Å². The molecule has 0 aliphatic carbocycles. The number of hydrogen-bond acceptors (Lipinski definition) is 6. The number of aromatic nitrogens is 5. The number of rotatable bonds is 7. The van der Waals surface area contributed by atoms with Gasteiger partial charge in [0.15, 0.2) is 11.5 Å². The molecule has 0 spiro atoms. The summed E-state index contributed by atoms with van der Waals surface area (Å²) in [6.45, 7) is 5.71. The number of aryl methyl sites for hydroxylation is 3. The smallest absolute Gasteiger partial charge is 0.257 e. The van der Waals surface area contributed by atoms with Crippen molar-refractivity contribution in [3.05, 3.63) is 59.2 Å². The zero-order valence-electron chi connectivity index (χ0n) is 16.4. The van der Waals surface area contributed by atoms with Gasteiger partial charge in [-0.3, -0.25) is 4.68 Å². The van der Waals surface area contributed by atoms with Crippen molar-refractivity contribution < 1.29 is 4.52 Å². The minimum absolute atomic E-state index is 0.579. The average Bonchev–Trinajstić information content (AvgIpc) is 3.30. The van der Waals surface area contributed by atoms with Crippen LogP contribution in [0.2, 0.25) is 0 Å². The van der Waals surface area contributed by atoms with E-state index in [-0.39, 0.29) is 0 Å². The molecule has 4 rings (SSSR count). The lowest BCUT2D eigenvalue weighted by Gasteiger charge is -2.06. The minimum atomic E-state index is 0.579. The summed E-state index contributed by atoms with van der Waals surface area (Å²) in [5.74, 6) is 1.31. The molecule has 1 aromatic carbocycles. The summed E-state index contributed by atoms with van der Waals surface area (Å²) < 4.78 is 7.11. The van der Waals surface area contributed by atoms with Crippen molar-refractivity contribution in [3.8, 4) is 11.5 Å². The van der Waals surface area contributed by atoms with Crippen molar-refractivity contribution in [1.82, 2.24) is 30.2 Å². The summed E-state index contributed by atoms with van der Waals surface area (Å²) in [4.78, 5) is 8.89. The highest BCUT2D eigenvalue weighted by molar-refractivity contribution is 5.78. The predicted octanol–water partition coefficient (Wildman–Crippen LogP) is 3.22. The fourth-order valence-electron chi connectivity index (χ4n) is 3.24. The minimum Gasteiger partial charge on any atom is -0.334 e. The molecule has 0 atom stereocenters. The highest BCUT2D eigenvalue weighted by Gasteiger charge is 2.08. The normalized spacial score (nSPS) is 11.4. The van der Waals surface area contributed by atoms with Crippen LogP contribution < -0.4 is 5.32 Å². The lowest BCUT2D eigenvalue weighted by molar-refractivity contribution is 0.423. The third-order valence-electron chi connectivity index (χ3n) is 4.82. The van der Waals surface area contributed by atoms with E-state index in [2.05, 4.69) is 43.7 Å². The first-order valence-corrected chi connectivity index (χ1v) is 9.55. The largest absolute Gasteiger partial charge is 0.334 e. The second-order valence-corrected chi connectivity index (χ2v) is 6.92. The molecule has 144 valence electrons. The Balaban J connectivity index is 1.31. The number of hydrogen-bond donors (Lipinski definition) is 1. The fourth-order valence-corrected chi connectivity index (χ4v) is 3.24. The van der Waals surface area contributed by atoms with Gasteiger partial charge in [0.2, 0.25) is 0 Å². The molecule has 0 unspecified atom stereocenters. The molecule has 0 radical (unpaired) electrons. The number of fused-ring (bicyclic) bond motifs is 1. The highest BCUT2D eigenvalue weighted by atomic mass is 16.5. The van der Waals surface area contributed by atoms with Crippen molar-refractivity contribution >= 4 is 11.0 Å². The summed E-state index contributed by atoms with van der Waals surface area (Å²) in [6, 6.07) is 10.5. The van der Waals surface area contributed by atoms with Crippen LogP contribution in [-0.4, -0.2) is 31.4 Å². The lowest BCUT2D eigenvalue weighted by Crippen LogP contribution is -2.16. The van der Waals surface area contributed by atoms with Gasteiger partial charge in [0.05, 0.1) is 5.69 Å². The number of benzene rings is 1. The Bertz CT molecular complexity index is 1080. The number of pyridine rings is 1. The van der Waals surface area contributed by atoms with Crippen molar-refractivity contribution in [1.29, 1.82) is 0 Å². The summed E-state index contributed by atoms with van der Waals surface area (Å²) in [5, 5.41) is 13.0. The quantitative estimate of drug-likeness (QED) is 0.499. The summed E-state index contributed by atoms with van der Waals surface area (Å²) in [7, 11) is 1.92. The van der Waals surface area contributed by atoms with Crippen LogP contribution in [0, 0.1) is 6.92 Å². The molecule has 0 saturated heterocycles. The molecule has 7 nitrogen and oxygen atoms in total. The number of nitrogens with one attached hydrogen (secondary N) is 1. The highest BCUT2D eigenvalue weighted by Crippen LogP contribution is 2.18.